The van der Waals surface area contributed by atoms with Gasteiger partial charge in [-0.25, -0.2) is 0 Å². The van der Waals surface area contributed by atoms with Crippen molar-refractivity contribution >= 4 is 5.57 Å². The Hall–Kier alpha value is -1.38. The zero-order chi connectivity index (χ0) is 19.7. The highest BCUT2D eigenvalue weighted by Gasteiger charge is 2.04. The first kappa shape index (κ1) is 25.9. The van der Waals surface area contributed by atoms with E-state index in [1.165, 1.54) is 22.3 Å². The lowest BCUT2D eigenvalue weighted by atomic mass is 10.0. The molecule has 0 amide bonds. The van der Waals surface area contributed by atoms with Gasteiger partial charge in [0.25, 0.3) is 0 Å². The Morgan fingerprint density at radius 2 is 1.80 bits per heavy atom. The van der Waals surface area contributed by atoms with Crippen LogP contribution in [0.25, 0.3) is 5.57 Å². The number of hydrogen-bond donors (Lipinski definition) is 0. The van der Waals surface area contributed by atoms with Gasteiger partial charge in [0, 0.05) is 20.2 Å². The average Bonchev–Trinajstić information content (AvgIpc) is 2.66. The molecule has 0 heterocycles. The molecule has 0 bridgehead atoms. The number of ether oxygens (including phenoxy) is 1. The summed E-state index contributed by atoms with van der Waals surface area (Å²) in [6.07, 6.45) is 4.48. The number of rotatable bonds is 8. The van der Waals surface area contributed by atoms with Crippen LogP contribution in [0.15, 0.2) is 42.0 Å². The van der Waals surface area contributed by atoms with Gasteiger partial charge >= 0.3 is 0 Å². The van der Waals surface area contributed by atoms with E-state index in [-0.39, 0.29) is 0 Å². The molecule has 2 nitrogen and oxygen atoms in total. The summed E-state index contributed by atoms with van der Waals surface area (Å²) >= 11 is 0. The Morgan fingerprint density at radius 3 is 2.28 bits per heavy atom. The zero-order valence-electron chi connectivity index (χ0n) is 18.1. The van der Waals surface area contributed by atoms with Crippen molar-refractivity contribution in [2.24, 2.45) is 0 Å². The second-order valence-corrected chi connectivity index (χ2v) is 5.47. The van der Waals surface area contributed by atoms with Gasteiger partial charge in [-0.3, -0.25) is 4.90 Å². The summed E-state index contributed by atoms with van der Waals surface area (Å²) in [5.41, 5.74) is 5.26. The Morgan fingerprint density at radius 1 is 1.16 bits per heavy atom. The van der Waals surface area contributed by atoms with E-state index >= 15 is 0 Å². The van der Waals surface area contributed by atoms with Crippen molar-refractivity contribution in [3.05, 3.63) is 53.1 Å². The summed E-state index contributed by atoms with van der Waals surface area (Å²) in [5.74, 6) is 0. The van der Waals surface area contributed by atoms with Crippen molar-refractivity contribution in [3.8, 4) is 0 Å². The summed E-state index contributed by atoms with van der Waals surface area (Å²) < 4.78 is 5.17. The number of likely N-dealkylation sites (N-methyl/N-ethyl adjacent to an activating group) is 1. The average molecular weight is 348 g/mol. The summed E-state index contributed by atoms with van der Waals surface area (Å²) in [6, 6.07) is 8.67. The first-order valence-corrected chi connectivity index (χ1v) is 9.72. The van der Waals surface area contributed by atoms with E-state index in [1.54, 1.807) is 7.11 Å². The van der Waals surface area contributed by atoms with Crippen LogP contribution < -0.4 is 0 Å². The molecular formula is C23H41NO. The molecule has 1 rings (SSSR count). The molecule has 0 fully saturated rings. The number of nitrogens with zero attached hydrogens (tertiary/aromatic N) is 1. The van der Waals surface area contributed by atoms with Crippen molar-refractivity contribution in [2.75, 3.05) is 33.4 Å². The summed E-state index contributed by atoms with van der Waals surface area (Å²) in [5, 5.41) is 0. The fraction of sp³-hybridized carbons (Fsp3) is 0.565. The Kier molecular flexibility index (Phi) is 18.0. The van der Waals surface area contributed by atoms with Crippen molar-refractivity contribution in [3.63, 3.8) is 0 Å². The van der Waals surface area contributed by atoms with E-state index in [9.17, 15) is 0 Å². The van der Waals surface area contributed by atoms with Crippen LogP contribution >= 0.6 is 0 Å². The SMILES string of the molecule is C/C=C(\C=C(/C)CN(CC)CCOC)c1cccc(C)c1.CC.CC. The van der Waals surface area contributed by atoms with E-state index in [0.717, 1.165) is 26.2 Å². The zero-order valence-corrected chi connectivity index (χ0v) is 18.1. The van der Waals surface area contributed by atoms with E-state index in [0.29, 0.717) is 0 Å². The van der Waals surface area contributed by atoms with Crippen molar-refractivity contribution in [1.82, 2.24) is 4.90 Å². The van der Waals surface area contributed by atoms with Gasteiger partial charge in [0.05, 0.1) is 6.61 Å². The third-order valence-corrected chi connectivity index (χ3v) is 3.60. The van der Waals surface area contributed by atoms with Crippen LogP contribution in [0.2, 0.25) is 0 Å². The topological polar surface area (TPSA) is 12.5 Å². The molecule has 0 aromatic heterocycles. The second-order valence-electron chi connectivity index (χ2n) is 5.47. The first-order chi connectivity index (χ1) is 12.1. The fourth-order valence-corrected chi connectivity index (χ4v) is 2.39. The maximum Gasteiger partial charge on any atom is 0.0589 e. The lowest BCUT2D eigenvalue weighted by Crippen LogP contribution is -2.28. The predicted molar refractivity (Wildman–Crippen MR) is 115 cm³/mol. The largest absolute Gasteiger partial charge is 0.383 e. The highest BCUT2D eigenvalue weighted by Crippen LogP contribution is 2.19. The van der Waals surface area contributed by atoms with Gasteiger partial charge in [-0.05, 0) is 38.5 Å². The highest BCUT2D eigenvalue weighted by molar-refractivity contribution is 5.74. The minimum atomic E-state index is 0.787. The standard InChI is InChI=1S/C19H29NO.2C2H6/c1-6-18(19-10-8-9-16(3)13-19)14-17(4)15-20(7-2)11-12-21-5;2*1-2/h6,8-10,13-14H,7,11-12,15H2,1-5H3;2*1-2H3/b17-14+,18-6+;;. The normalized spacial score (nSPS) is 11.4. The summed E-state index contributed by atoms with van der Waals surface area (Å²) in [4.78, 5) is 2.40. The van der Waals surface area contributed by atoms with Gasteiger partial charge in [-0.15, -0.1) is 0 Å². The number of benzene rings is 1. The summed E-state index contributed by atoms with van der Waals surface area (Å²) in [7, 11) is 1.76. The van der Waals surface area contributed by atoms with Gasteiger partial charge in [-0.2, -0.15) is 0 Å². The molecule has 1 aromatic carbocycles. The molecule has 144 valence electrons. The van der Waals surface area contributed by atoms with Gasteiger partial charge in [0.2, 0.25) is 0 Å². The number of methoxy groups -OCH3 is 1. The third kappa shape index (κ3) is 11.7. The van der Waals surface area contributed by atoms with Gasteiger partial charge < -0.3 is 4.74 Å². The van der Waals surface area contributed by atoms with Crippen LogP contribution in [0.4, 0.5) is 0 Å². The number of allylic oxidation sites excluding steroid dienone is 3. The quantitative estimate of drug-likeness (QED) is 0.507. The van der Waals surface area contributed by atoms with Crippen molar-refractivity contribution < 1.29 is 4.74 Å². The lowest BCUT2D eigenvalue weighted by molar-refractivity contribution is 0.156. The van der Waals surface area contributed by atoms with Crippen molar-refractivity contribution in [1.29, 1.82) is 0 Å². The van der Waals surface area contributed by atoms with Crippen molar-refractivity contribution in [2.45, 2.75) is 55.4 Å². The van der Waals surface area contributed by atoms with E-state index in [4.69, 9.17) is 4.74 Å². The molecule has 1 aromatic rings. The molecule has 0 aliphatic heterocycles. The monoisotopic (exact) mass is 347 g/mol. The minimum Gasteiger partial charge on any atom is -0.383 e. The Labute approximate surface area is 157 Å². The molecule has 25 heavy (non-hydrogen) atoms. The van der Waals surface area contributed by atoms with Crippen LogP contribution in [0.3, 0.4) is 0 Å². The molecule has 2 heteroatoms. The van der Waals surface area contributed by atoms with Gasteiger partial charge in [-0.1, -0.05) is 82.2 Å². The molecule has 0 radical (unpaired) electrons. The predicted octanol–water partition coefficient (Wildman–Crippen LogP) is 6.37. The fourth-order valence-electron chi connectivity index (χ4n) is 2.39. The van der Waals surface area contributed by atoms with E-state index in [1.807, 2.05) is 27.7 Å². The minimum absolute atomic E-state index is 0.787. The van der Waals surface area contributed by atoms with Crippen LogP contribution in [0.5, 0.6) is 0 Å². The molecule has 0 unspecified atom stereocenters. The van der Waals surface area contributed by atoms with Crippen LogP contribution in [0.1, 0.15) is 59.6 Å². The van der Waals surface area contributed by atoms with Crippen LogP contribution in [-0.2, 0) is 4.74 Å². The maximum atomic E-state index is 5.17. The Balaban J connectivity index is 0. The molecular weight excluding hydrogens is 306 g/mol. The molecule has 0 aliphatic carbocycles. The second kappa shape index (κ2) is 17.4. The number of aryl methyl sites for hydroxylation is 1. The maximum absolute atomic E-state index is 5.17. The molecule has 0 N–H and O–H groups in total. The lowest BCUT2D eigenvalue weighted by Gasteiger charge is -2.20. The Bertz CT molecular complexity index is 489. The molecule has 0 aliphatic rings. The molecule has 0 saturated carbocycles. The smallest absolute Gasteiger partial charge is 0.0589 e. The molecule has 0 saturated heterocycles. The van der Waals surface area contributed by atoms with Gasteiger partial charge in [0.15, 0.2) is 0 Å². The van der Waals surface area contributed by atoms with E-state index < -0.39 is 0 Å². The molecule has 0 spiro atoms. The van der Waals surface area contributed by atoms with Crippen LogP contribution in [-0.4, -0.2) is 38.3 Å². The summed E-state index contributed by atoms with van der Waals surface area (Å²) in [6.45, 7) is 20.4. The third-order valence-electron chi connectivity index (χ3n) is 3.60. The van der Waals surface area contributed by atoms with Gasteiger partial charge in [0.1, 0.15) is 0 Å². The van der Waals surface area contributed by atoms with E-state index in [2.05, 4.69) is 69.0 Å². The highest BCUT2D eigenvalue weighted by atomic mass is 16.5. The first-order valence-electron chi connectivity index (χ1n) is 9.72. The number of hydrogen-bond acceptors (Lipinski definition) is 2. The molecule has 0 atom stereocenters. The van der Waals surface area contributed by atoms with Crippen LogP contribution in [0, 0.1) is 6.92 Å².